The molecule has 0 bridgehead atoms. The second kappa shape index (κ2) is 7.94. The van der Waals surface area contributed by atoms with Crippen molar-refractivity contribution in [1.82, 2.24) is 14.5 Å². The van der Waals surface area contributed by atoms with Gasteiger partial charge in [0.15, 0.2) is 0 Å². The van der Waals surface area contributed by atoms with Gasteiger partial charge < -0.3 is 9.80 Å². The molecule has 4 rings (SSSR count). The highest BCUT2D eigenvalue weighted by Crippen LogP contribution is 2.24. The zero-order valence-electron chi connectivity index (χ0n) is 17.7. The maximum atomic E-state index is 14.2. The molecule has 1 amide bonds. The fraction of sp³-hybridized carbons (Fsp3) is 0.333. The molecule has 0 radical (unpaired) electrons. The van der Waals surface area contributed by atoms with E-state index in [2.05, 4.69) is 30.7 Å². The number of para-hydroxylation sites is 1. The van der Waals surface area contributed by atoms with E-state index >= 15 is 0 Å². The van der Waals surface area contributed by atoms with Crippen molar-refractivity contribution in [1.29, 1.82) is 0 Å². The first kappa shape index (κ1) is 20.1. The molecule has 1 aliphatic rings. The van der Waals surface area contributed by atoms with Crippen LogP contribution in [-0.2, 0) is 5.41 Å². The maximum absolute atomic E-state index is 14.2. The molecule has 2 aromatic carbocycles. The van der Waals surface area contributed by atoms with Gasteiger partial charge in [0.25, 0.3) is 5.91 Å². The topological polar surface area (TPSA) is 41.4 Å². The van der Waals surface area contributed by atoms with E-state index in [9.17, 15) is 9.18 Å². The average molecular weight is 407 g/mol. The zero-order chi connectivity index (χ0) is 21.3. The summed E-state index contributed by atoms with van der Waals surface area (Å²) in [5.41, 5.74) is 2.46. The molecular formula is C24H27FN4O. The molecule has 2 heterocycles. The molecular weight excluding hydrogens is 379 g/mol. The summed E-state index contributed by atoms with van der Waals surface area (Å²) in [5, 5.41) is 0. The van der Waals surface area contributed by atoms with E-state index in [1.807, 2.05) is 35.2 Å². The molecule has 6 heteroatoms. The number of hydrogen-bond acceptors (Lipinski definition) is 3. The molecule has 30 heavy (non-hydrogen) atoms. The van der Waals surface area contributed by atoms with Crippen molar-refractivity contribution in [3.63, 3.8) is 0 Å². The number of aromatic nitrogens is 2. The number of benzene rings is 2. The third-order valence-corrected chi connectivity index (χ3v) is 5.58. The van der Waals surface area contributed by atoms with E-state index in [0.717, 1.165) is 0 Å². The number of carbonyl (C=O) groups excluding carboxylic acids is 1. The Morgan fingerprint density at radius 2 is 1.63 bits per heavy atom. The molecule has 0 unspecified atom stereocenters. The number of amides is 1. The van der Waals surface area contributed by atoms with Gasteiger partial charge >= 0.3 is 0 Å². The number of anilines is 1. The second-order valence-corrected chi connectivity index (χ2v) is 8.66. The molecule has 156 valence electrons. The summed E-state index contributed by atoms with van der Waals surface area (Å²) in [7, 11) is 0. The van der Waals surface area contributed by atoms with Crippen LogP contribution < -0.4 is 4.90 Å². The van der Waals surface area contributed by atoms with Crippen molar-refractivity contribution in [2.24, 2.45) is 0 Å². The standard InChI is InChI=1S/C24H27FN4O/c1-24(2,3)19-10-8-18(9-11-19)22(30)27-14-16-28(17-15-27)23-26-12-13-29(23)21-7-5-4-6-20(21)25/h4-13H,14-17H2,1-3H3. The van der Waals surface area contributed by atoms with Crippen LogP contribution in [0.2, 0.25) is 0 Å². The first-order valence-electron chi connectivity index (χ1n) is 10.3. The van der Waals surface area contributed by atoms with Gasteiger partial charge in [0.05, 0.1) is 5.69 Å². The third kappa shape index (κ3) is 3.95. The smallest absolute Gasteiger partial charge is 0.253 e. The minimum absolute atomic E-state index is 0.0487. The minimum atomic E-state index is -0.288. The maximum Gasteiger partial charge on any atom is 0.253 e. The lowest BCUT2D eigenvalue weighted by atomic mass is 9.86. The first-order valence-corrected chi connectivity index (χ1v) is 10.3. The highest BCUT2D eigenvalue weighted by Gasteiger charge is 2.25. The fourth-order valence-corrected chi connectivity index (χ4v) is 3.77. The monoisotopic (exact) mass is 406 g/mol. The molecule has 0 N–H and O–H groups in total. The van der Waals surface area contributed by atoms with E-state index in [1.54, 1.807) is 29.1 Å². The summed E-state index contributed by atoms with van der Waals surface area (Å²) in [5.74, 6) is 0.457. The Hall–Kier alpha value is -3.15. The normalized spacial score (nSPS) is 14.8. The Morgan fingerprint density at radius 1 is 0.967 bits per heavy atom. The highest BCUT2D eigenvalue weighted by atomic mass is 19.1. The van der Waals surface area contributed by atoms with Crippen LogP contribution in [0.25, 0.3) is 5.69 Å². The minimum Gasteiger partial charge on any atom is -0.338 e. The average Bonchev–Trinajstić information content (AvgIpc) is 3.23. The molecule has 0 aliphatic carbocycles. The van der Waals surface area contributed by atoms with Crippen LogP contribution in [0.1, 0.15) is 36.7 Å². The summed E-state index contributed by atoms with van der Waals surface area (Å²) in [6.07, 6.45) is 3.44. The first-order chi connectivity index (χ1) is 14.3. The summed E-state index contributed by atoms with van der Waals surface area (Å²) in [6, 6.07) is 14.6. The number of carbonyl (C=O) groups is 1. The Labute approximate surface area is 176 Å². The van der Waals surface area contributed by atoms with Crippen LogP contribution in [-0.4, -0.2) is 46.5 Å². The second-order valence-electron chi connectivity index (χ2n) is 8.66. The lowest BCUT2D eigenvalue weighted by Gasteiger charge is -2.35. The van der Waals surface area contributed by atoms with Crippen LogP contribution in [0.3, 0.4) is 0 Å². The Kier molecular flexibility index (Phi) is 5.33. The largest absolute Gasteiger partial charge is 0.338 e. The zero-order valence-corrected chi connectivity index (χ0v) is 17.7. The predicted molar refractivity (Wildman–Crippen MR) is 117 cm³/mol. The van der Waals surface area contributed by atoms with Gasteiger partial charge in [-0.2, -0.15) is 0 Å². The van der Waals surface area contributed by atoms with E-state index in [1.165, 1.54) is 11.6 Å². The third-order valence-electron chi connectivity index (χ3n) is 5.58. The fourth-order valence-electron chi connectivity index (χ4n) is 3.77. The lowest BCUT2D eigenvalue weighted by Crippen LogP contribution is -2.49. The van der Waals surface area contributed by atoms with Gasteiger partial charge in [-0.15, -0.1) is 0 Å². The van der Waals surface area contributed by atoms with Crippen LogP contribution in [0.5, 0.6) is 0 Å². The van der Waals surface area contributed by atoms with E-state index in [-0.39, 0.29) is 17.1 Å². The van der Waals surface area contributed by atoms with Crippen molar-refractivity contribution in [3.05, 3.63) is 77.9 Å². The van der Waals surface area contributed by atoms with E-state index in [0.29, 0.717) is 43.4 Å². The molecule has 1 aromatic heterocycles. The molecule has 1 saturated heterocycles. The molecule has 0 atom stereocenters. The molecule has 0 saturated carbocycles. The SMILES string of the molecule is CC(C)(C)c1ccc(C(=O)N2CCN(c3nccn3-c3ccccc3F)CC2)cc1. The number of imidazole rings is 1. The lowest BCUT2D eigenvalue weighted by molar-refractivity contribution is 0.0746. The highest BCUT2D eigenvalue weighted by molar-refractivity contribution is 5.94. The van der Waals surface area contributed by atoms with Gasteiger partial charge in [-0.3, -0.25) is 9.36 Å². The number of halogens is 1. The van der Waals surface area contributed by atoms with E-state index < -0.39 is 0 Å². The van der Waals surface area contributed by atoms with Crippen LogP contribution in [0, 0.1) is 5.82 Å². The van der Waals surface area contributed by atoms with Gasteiger partial charge in [0.2, 0.25) is 5.95 Å². The van der Waals surface area contributed by atoms with E-state index in [4.69, 9.17) is 0 Å². The summed E-state index contributed by atoms with van der Waals surface area (Å²) < 4.78 is 16.0. The van der Waals surface area contributed by atoms with Crippen LogP contribution in [0.4, 0.5) is 10.3 Å². The Balaban J connectivity index is 1.44. The summed E-state index contributed by atoms with van der Waals surface area (Å²) in [6.45, 7) is 8.99. The quantitative estimate of drug-likeness (QED) is 0.652. The molecule has 5 nitrogen and oxygen atoms in total. The van der Waals surface area contributed by atoms with Gasteiger partial charge in [0, 0.05) is 44.1 Å². The van der Waals surface area contributed by atoms with Crippen molar-refractivity contribution >= 4 is 11.9 Å². The van der Waals surface area contributed by atoms with Crippen molar-refractivity contribution < 1.29 is 9.18 Å². The summed E-state index contributed by atoms with van der Waals surface area (Å²) in [4.78, 5) is 21.3. The predicted octanol–water partition coefficient (Wildman–Crippen LogP) is 4.27. The number of rotatable bonds is 3. The van der Waals surface area contributed by atoms with Crippen molar-refractivity contribution in [2.45, 2.75) is 26.2 Å². The van der Waals surface area contributed by atoms with Crippen molar-refractivity contribution in [2.75, 3.05) is 31.1 Å². The number of hydrogen-bond donors (Lipinski definition) is 0. The summed E-state index contributed by atoms with van der Waals surface area (Å²) >= 11 is 0. The van der Waals surface area contributed by atoms with Gasteiger partial charge in [-0.25, -0.2) is 9.37 Å². The molecule has 0 spiro atoms. The van der Waals surface area contributed by atoms with Crippen LogP contribution >= 0.6 is 0 Å². The van der Waals surface area contributed by atoms with Gasteiger partial charge in [0.1, 0.15) is 5.82 Å². The number of nitrogens with zero attached hydrogens (tertiary/aromatic N) is 4. The Bertz CT molecular complexity index is 1030. The van der Waals surface area contributed by atoms with Crippen molar-refractivity contribution in [3.8, 4) is 5.69 Å². The van der Waals surface area contributed by atoms with Gasteiger partial charge in [-0.05, 0) is 35.2 Å². The van der Waals surface area contributed by atoms with Crippen LogP contribution in [0.15, 0.2) is 60.9 Å². The molecule has 1 fully saturated rings. The number of piperazine rings is 1. The Morgan fingerprint density at radius 3 is 2.27 bits per heavy atom. The molecule has 1 aliphatic heterocycles. The molecule has 3 aromatic rings. The van der Waals surface area contributed by atoms with Gasteiger partial charge in [-0.1, -0.05) is 45.0 Å².